The molecule has 0 atom stereocenters. The van der Waals surface area contributed by atoms with E-state index in [-0.39, 0.29) is 22.1 Å². The number of nitrogens with zero attached hydrogens (tertiary/aromatic N) is 2. The molecule has 0 spiro atoms. The van der Waals surface area contributed by atoms with Crippen molar-refractivity contribution < 1.29 is 17.9 Å². The molecular weight excluding hydrogens is 413 g/mol. The summed E-state index contributed by atoms with van der Waals surface area (Å²) < 4.78 is 38.8. The number of nitrogens with one attached hydrogen (secondary N) is 1. The Morgan fingerprint density at radius 3 is 2.52 bits per heavy atom. The van der Waals surface area contributed by atoms with Crippen molar-refractivity contribution >= 4 is 33.2 Å². The molecule has 3 rings (SSSR count). The van der Waals surface area contributed by atoms with Crippen LogP contribution in [0.2, 0.25) is 10.0 Å². The van der Waals surface area contributed by atoms with Gasteiger partial charge in [-0.1, -0.05) is 23.2 Å². The van der Waals surface area contributed by atoms with E-state index < -0.39 is 10.0 Å². The van der Waals surface area contributed by atoms with E-state index in [0.29, 0.717) is 42.5 Å². The van der Waals surface area contributed by atoms with Crippen molar-refractivity contribution in [2.24, 2.45) is 0 Å². The molecule has 1 aliphatic carbocycles. The molecule has 27 heavy (non-hydrogen) atoms. The molecule has 1 heterocycles. The fourth-order valence-electron chi connectivity index (χ4n) is 2.92. The maximum Gasteiger partial charge on any atom is 0.242 e. The van der Waals surface area contributed by atoms with E-state index >= 15 is 0 Å². The molecule has 7 nitrogen and oxygen atoms in total. The van der Waals surface area contributed by atoms with Crippen molar-refractivity contribution in [2.45, 2.75) is 42.7 Å². The SMILES string of the molecule is COc1cncc(OC2CCC(NS(=O)(=O)c3cc(Cl)ccc3Cl)CC2)n1. The van der Waals surface area contributed by atoms with Gasteiger partial charge in [-0.3, -0.25) is 4.98 Å². The second-order valence-corrected chi connectivity index (χ2v) is 8.71. The fraction of sp³-hybridized carbons (Fsp3) is 0.412. The van der Waals surface area contributed by atoms with Crippen molar-refractivity contribution in [2.75, 3.05) is 7.11 Å². The number of sulfonamides is 1. The molecule has 1 saturated carbocycles. The van der Waals surface area contributed by atoms with Crippen LogP contribution in [0.15, 0.2) is 35.5 Å². The molecule has 2 aromatic rings. The Morgan fingerprint density at radius 2 is 1.81 bits per heavy atom. The van der Waals surface area contributed by atoms with Crippen molar-refractivity contribution in [3.05, 3.63) is 40.6 Å². The standard InChI is InChI=1S/C17H19Cl2N3O4S/c1-25-16-9-20-10-17(21-16)26-13-5-3-12(4-6-13)22-27(23,24)15-8-11(18)2-7-14(15)19/h2,7-10,12-13,22H,3-6H2,1H3. The van der Waals surface area contributed by atoms with Crippen LogP contribution in [0.3, 0.4) is 0 Å². The highest BCUT2D eigenvalue weighted by atomic mass is 35.5. The lowest BCUT2D eigenvalue weighted by atomic mass is 9.94. The molecule has 0 amide bonds. The number of methoxy groups -OCH3 is 1. The lowest BCUT2D eigenvalue weighted by Gasteiger charge is -2.29. The van der Waals surface area contributed by atoms with Crippen LogP contribution in [0.4, 0.5) is 0 Å². The predicted molar refractivity (Wildman–Crippen MR) is 102 cm³/mol. The largest absolute Gasteiger partial charge is 0.480 e. The molecule has 1 aliphatic rings. The number of hydrogen-bond donors (Lipinski definition) is 1. The van der Waals surface area contributed by atoms with Crippen LogP contribution >= 0.6 is 23.2 Å². The lowest BCUT2D eigenvalue weighted by molar-refractivity contribution is 0.136. The van der Waals surface area contributed by atoms with Gasteiger partial charge >= 0.3 is 0 Å². The Balaban J connectivity index is 1.58. The van der Waals surface area contributed by atoms with Crippen molar-refractivity contribution in [1.82, 2.24) is 14.7 Å². The van der Waals surface area contributed by atoms with Gasteiger partial charge in [0.05, 0.1) is 24.5 Å². The maximum absolute atomic E-state index is 12.6. The van der Waals surface area contributed by atoms with Gasteiger partial charge in [0.25, 0.3) is 0 Å². The van der Waals surface area contributed by atoms with Gasteiger partial charge < -0.3 is 9.47 Å². The Morgan fingerprint density at radius 1 is 1.11 bits per heavy atom. The summed E-state index contributed by atoms with van der Waals surface area (Å²) >= 11 is 11.9. The van der Waals surface area contributed by atoms with Gasteiger partial charge in [0.15, 0.2) is 0 Å². The van der Waals surface area contributed by atoms with Crippen LogP contribution in [0.5, 0.6) is 11.8 Å². The van der Waals surface area contributed by atoms with Crippen LogP contribution in [-0.2, 0) is 10.0 Å². The van der Waals surface area contributed by atoms with E-state index in [1.807, 2.05) is 0 Å². The highest BCUT2D eigenvalue weighted by Gasteiger charge is 2.28. The Bertz CT molecular complexity index is 903. The number of ether oxygens (including phenoxy) is 2. The summed E-state index contributed by atoms with van der Waals surface area (Å²) in [5, 5.41) is 0.455. The molecule has 1 N–H and O–H groups in total. The van der Waals surface area contributed by atoms with Gasteiger partial charge in [-0.25, -0.2) is 13.1 Å². The van der Waals surface area contributed by atoms with E-state index in [0.717, 1.165) is 0 Å². The number of benzene rings is 1. The number of hydrogen-bond acceptors (Lipinski definition) is 6. The van der Waals surface area contributed by atoms with Gasteiger partial charge in [0.1, 0.15) is 11.0 Å². The summed E-state index contributed by atoms with van der Waals surface area (Å²) in [5.41, 5.74) is 0. The molecule has 0 radical (unpaired) electrons. The zero-order valence-electron chi connectivity index (χ0n) is 14.6. The Hall–Kier alpha value is -1.61. The first-order chi connectivity index (χ1) is 12.9. The zero-order chi connectivity index (χ0) is 19.4. The maximum atomic E-state index is 12.6. The monoisotopic (exact) mass is 431 g/mol. The first-order valence-electron chi connectivity index (χ1n) is 8.37. The minimum atomic E-state index is -3.74. The summed E-state index contributed by atoms with van der Waals surface area (Å²) in [4.78, 5) is 8.17. The molecule has 0 unspecified atom stereocenters. The second kappa shape index (κ2) is 8.60. The van der Waals surface area contributed by atoms with Gasteiger partial charge in [0.2, 0.25) is 21.8 Å². The van der Waals surface area contributed by atoms with Crippen molar-refractivity contribution in [3.8, 4) is 11.8 Å². The van der Waals surface area contributed by atoms with Crippen LogP contribution < -0.4 is 14.2 Å². The average molecular weight is 432 g/mol. The smallest absolute Gasteiger partial charge is 0.242 e. The first kappa shape index (κ1) is 20.1. The summed E-state index contributed by atoms with van der Waals surface area (Å²) in [6.07, 6.45) is 5.63. The third-order valence-electron chi connectivity index (χ3n) is 4.27. The van der Waals surface area contributed by atoms with E-state index in [9.17, 15) is 8.42 Å². The number of rotatable bonds is 6. The van der Waals surface area contributed by atoms with Crippen LogP contribution in [-0.4, -0.2) is 37.6 Å². The molecular formula is C17H19Cl2N3O4S. The van der Waals surface area contributed by atoms with Crippen molar-refractivity contribution in [3.63, 3.8) is 0 Å². The molecule has 1 aromatic carbocycles. The Kier molecular flexibility index (Phi) is 6.41. The average Bonchev–Trinajstić information content (AvgIpc) is 2.65. The van der Waals surface area contributed by atoms with Gasteiger partial charge in [-0.05, 0) is 43.9 Å². The Labute approximate surface area is 168 Å². The van der Waals surface area contributed by atoms with Gasteiger partial charge in [0, 0.05) is 11.1 Å². The van der Waals surface area contributed by atoms with E-state index in [1.54, 1.807) is 6.07 Å². The van der Waals surface area contributed by atoms with E-state index in [2.05, 4.69) is 14.7 Å². The third kappa shape index (κ3) is 5.22. The highest BCUT2D eigenvalue weighted by molar-refractivity contribution is 7.89. The molecule has 146 valence electrons. The predicted octanol–water partition coefficient (Wildman–Crippen LogP) is 3.46. The molecule has 1 fully saturated rings. The van der Waals surface area contributed by atoms with Gasteiger partial charge in [-0.2, -0.15) is 4.98 Å². The van der Waals surface area contributed by atoms with Crippen LogP contribution in [0, 0.1) is 0 Å². The fourth-order valence-corrected chi connectivity index (χ4v) is 4.99. The molecule has 0 aliphatic heterocycles. The third-order valence-corrected chi connectivity index (χ3v) is 6.50. The first-order valence-corrected chi connectivity index (χ1v) is 10.6. The molecule has 10 heteroatoms. The van der Waals surface area contributed by atoms with Gasteiger partial charge in [-0.15, -0.1) is 0 Å². The quantitative estimate of drug-likeness (QED) is 0.752. The second-order valence-electron chi connectivity index (χ2n) is 6.19. The highest BCUT2D eigenvalue weighted by Crippen LogP contribution is 2.28. The van der Waals surface area contributed by atoms with Crippen LogP contribution in [0.25, 0.3) is 0 Å². The molecule has 0 saturated heterocycles. The van der Waals surface area contributed by atoms with E-state index in [4.69, 9.17) is 32.7 Å². The van der Waals surface area contributed by atoms with Crippen molar-refractivity contribution in [1.29, 1.82) is 0 Å². The molecule has 0 bridgehead atoms. The molecule has 1 aromatic heterocycles. The number of aromatic nitrogens is 2. The minimum Gasteiger partial charge on any atom is -0.480 e. The zero-order valence-corrected chi connectivity index (χ0v) is 16.9. The van der Waals surface area contributed by atoms with E-state index in [1.165, 1.54) is 31.6 Å². The topological polar surface area (TPSA) is 90.4 Å². The van der Waals surface area contributed by atoms with Crippen LogP contribution in [0.1, 0.15) is 25.7 Å². The summed E-state index contributed by atoms with van der Waals surface area (Å²) in [5.74, 6) is 0.774. The minimum absolute atomic E-state index is 0.0123. The summed E-state index contributed by atoms with van der Waals surface area (Å²) in [6, 6.07) is 4.18. The normalized spacial score (nSPS) is 20.3. The number of halogens is 2. The summed E-state index contributed by atoms with van der Waals surface area (Å²) in [6.45, 7) is 0. The lowest BCUT2D eigenvalue weighted by Crippen LogP contribution is -2.39. The summed E-state index contributed by atoms with van der Waals surface area (Å²) in [7, 11) is -2.23.